The SMILES string of the molecule is CN(Cc1cccc(Cl)c1Cl)C(=O)c1cccc(Br)c1. The molecule has 0 bridgehead atoms. The highest BCUT2D eigenvalue weighted by molar-refractivity contribution is 9.10. The molecule has 0 fully saturated rings. The van der Waals surface area contributed by atoms with Gasteiger partial charge in [0.2, 0.25) is 0 Å². The Morgan fingerprint density at radius 3 is 2.60 bits per heavy atom. The van der Waals surface area contributed by atoms with E-state index in [-0.39, 0.29) is 5.91 Å². The number of nitrogens with zero attached hydrogens (tertiary/aromatic N) is 1. The lowest BCUT2D eigenvalue weighted by Crippen LogP contribution is -2.26. The van der Waals surface area contributed by atoms with Crippen LogP contribution in [0, 0.1) is 0 Å². The fourth-order valence-corrected chi connectivity index (χ4v) is 2.62. The number of hydrogen-bond acceptors (Lipinski definition) is 1. The molecule has 1 amide bonds. The van der Waals surface area contributed by atoms with E-state index in [0.717, 1.165) is 10.0 Å². The molecule has 104 valence electrons. The minimum atomic E-state index is -0.0673. The van der Waals surface area contributed by atoms with Crippen LogP contribution >= 0.6 is 39.1 Å². The van der Waals surface area contributed by atoms with Crippen molar-refractivity contribution in [2.75, 3.05) is 7.05 Å². The van der Waals surface area contributed by atoms with Gasteiger partial charge in [0.1, 0.15) is 0 Å². The normalized spacial score (nSPS) is 10.4. The lowest BCUT2D eigenvalue weighted by Gasteiger charge is -2.18. The largest absolute Gasteiger partial charge is 0.337 e. The summed E-state index contributed by atoms with van der Waals surface area (Å²) in [6, 6.07) is 12.7. The molecule has 2 aromatic carbocycles. The van der Waals surface area contributed by atoms with Crippen LogP contribution in [0.15, 0.2) is 46.9 Å². The van der Waals surface area contributed by atoms with Gasteiger partial charge in [-0.1, -0.05) is 57.3 Å². The molecule has 5 heteroatoms. The zero-order chi connectivity index (χ0) is 14.7. The van der Waals surface area contributed by atoms with Crippen LogP contribution in [0.1, 0.15) is 15.9 Å². The van der Waals surface area contributed by atoms with E-state index in [1.54, 1.807) is 30.1 Å². The topological polar surface area (TPSA) is 20.3 Å². The van der Waals surface area contributed by atoms with Gasteiger partial charge in [-0.25, -0.2) is 0 Å². The molecule has 0 spiro atoms. The molecule has 2 aromatic rings. The van der Waals surface area contributed by atoms with Gasteiger partial charge in [0.25, 0.3) is 5.91 Å². The van der Waals surface area contributed by atoms with E-state index in [9.17, 15) is 4.79 Å². The zero-order valence-electron chi connectivity index (χ0n) is 10.7. The summed E-state index contributed by atoms with van der Waals surface area (Å²) in [5, 5.41) is 0.982. The van der Waals surface area contributed by atoms with E-state index in [2.05, 4.69) is 15.9 Å². The maximum atomic E-state index is 12.3. The molecule has 0 atom stereocenters. The first kappa shape index (κ1) is 15.4. The third kappa shape index (κ3) is 3.54. The Bertz CT molecular complexity index is 646. The van der Waals surface area contributed by atoms with E-state index < -0.39 is 0 Å². The first-order chi connectivity index (χ1) is 9.49. The second kappa shape index (κ2) is 6.61. The minimum absolute atomic E-state index is 0.0673. The second-order valence-electron chi connectivity index (χ2n) is 4.38. The monoisotopic (exact) mass is 371 g/mol. The quantitative estimate of drug-likeness (QED) is 0.739. The fourth-order valence-electron chi connectivity index (χ4n) is 1.84. The molecule has 0 aliphatic carbocycles. The first-order valence-corrected chi connectivity index (χ1v) is 7.48. The Morgan fingerprint density at radius 2 is 1.90 bits per heavy atom. The molecule has 0 unspecified atom stereocenters. The van der Waals surface area contributed by atoms with Crippen LogP contribution in [-0.2, 0) is 6.54 Å². The van der Waals surface area contributed by atoms with Crippen molar-refractivity contribution < 1.29 is 4.79 Å². The van der Waals surface area contributed by atoms with Crippen molar-refractivity contribution in [1.29, 1.82) is 0 Å². The molecule has 2 nitrogen and oxygen atoms in total. The molecule has 0 saturated carbocycles. The highest BCUT2D eigenvalue weighted by Gasteiger charge is 2.14. The average Bonchev–Trinajstić information content (AvgIpc) is 2.43. The van der Waals surface area contributed by atoms with Crippen LogP contribution in [0.4, 0.5) is 0 Å². The standard InChI is InChI=1S/C15H12BrCl2NO/c1-19(9-11-5-3-7-13(17)14(11)18)15(20)10-4-2-6-12(16)8-10/h2-8H,9H2,1H3. The molecular formula is C15H12BrCl2NO. The van der Waals surface area contributed by atoms with Crippen molar-refractivity contribution in [3.8, 4) is 0 Å². The third-order valence-corrected chi connectivity index (χ3v) is 4.21. The van der Waals surface area contributed by atoms with Crippen molar-refractivity contribution in [2.45, 2.75) is 6.54 Å². The van der Waals surface area contributed by atoms with Crippen molar-refractivity contribution >= 4 is 45.0 Å². The van der Waals surface area contributed by atoms with Crippen LogP contribution in [-0.4, -0.2) is 17.9 Å². The smallest absolute Gasteiger partial charge is 0.253 e. The molecule has 20 heavy (non-hydrogen) atoms. The van der Waals surface area contributed by atoms with Gasteiger partial charge in [0.05, 0.1) is 10.0 Å². The Hall–Kier alpha value is -1.03. The van der Waals surface area contributed by atoms with Crippen LogP contribution in [0.3, 0.4) is 0 Å². The number of rotatable bonds is 3. The highest BCUT2D eigenvalue weighted by Crippen LogP contribution is 2.26. The van der Waals surface area contributed by atoms with Crippen LogP contribution < -0.4 is 0 Å². The van der Waals surface area contributed by atoms with Crippen molar-refractivity contribution in [2.24, 2.45) is 0 Å². The summed E-state index contributed by atoms with van der Waals surface area (Å²) in [5.74, 6) is -0.0673. The zero-order valence-corrected chi connectivity index (χ0v) is 13.8. The van der Waals surface area contributed by atoms with Crippen LogP contribution in [0.2, 0.25) is 10.0 Å². The predicted molar refractivity (Wildman–Crippen MR) is 86.4 cm³/mol. The third-order valence-electron chi connectivity index (χ3n) is 2.86. The summed E-state index contributed by atoms with van der Waals surface area (Å²) in [5.41, 5.74) is 1.45. The molecule has 0 aliphatic rings. The van der Waals surface area contributed by atoms with Gasteiger partial charge in [0.15, 0.2) is 0 Å². The Labute approximate surface area is 136 Å². The Morgan fingerprint density at radius 1 is 1.20 bits per heavy atom. The molecule has 0 radical (unpaired) electrons. The van der Waals surface area contributed by atoms with E-state index in [4.69, 9.17) is 23.2 Å². The summed E-state index contributed by atoms with van der Waals surface area (Å²) >= 11 is 15.5. The van der Waals surface area contributed by atoms with Crippen LogP contribution in [0.5, 0.6) is 0 Å². The summed E-state index contributed by atoms with van der Waals surface area (Å²) in [6.45, 7) is 0.407. The molecule has 0 aromatic heterocycles. The van der Waals surface area contributed by atoms with Crippen molar-refractivity contribution in [3.05, 3.63) is 68.1 Å². The maximum absolute atomic E-state index is 12.3. The average molecular weight is 373 g/mol. The molecule has 0 heterocycles. The van der Waals surface area contributed by atoms with Crippen molar-refractivity contribution in [3.63, 3.8) is 0 Å². The van der Waals surface area contributed by atoms with Gasteiger partial charge in [-0.3, -0.25) is 4.79 Å². The van der Waals surface area contributed by atoms with Gasteiger partial charge in [-0.05, 0) is 29.8 Å². The van der Waals surface area contributed by atoms with E-state index in [0.29, 0.717) is 22.2 Å². The molecule has 0 saturated heterocycles. The van der Waals surface area contributed by atoms with Gasteiger partial charge >= 0.3 is 0 Å². The lowest BCUT2D eigenvalue weighted by atomic mass is 10.1. The molecule has 0 N–H and O–H groups in total. The summed E-state index contributed by atoms with van der Waals surface area (Å²) in [4.78, 5) is 13.9. The van der Waals surface area contributed by atoms with Gasteiger partial charge < -0.3 is 4.90 Å². The van der Waals surface area contributed by atoms with Gasteiger partial charge in [-0.2, -0.15) is 0 Å². The lowest BCUT2D eigenvalue weighted by molar-refractivity contribution is 0.0785. The number of halogens is 3. The molecule has 2 rings (SSSR count). The van der Waals surface area contributed by atoms with E-state index >= 15 is 0 Å². The summed E-state index contributed by atoms with van der Waals surface area (Å²) < 4.78 is 0.873. The molecule has 0 aliphatic heterocycles. The Balaban J connectivity index is 2.18. The Kier molecular flexibility index (Phi) is 5.08. The summed E-state index contributed by atoms with van der Waals surface area (Å²) in [6.07, 6.45) is 0. The molecular weight excluding hydrogens is 361 g/mol. The second-order valence-corrected chi connectivity index (χ2v) is 6.09. The number of carbonyl (C=O) groups excluding carboxylic acids is 1. The highest BCUT2D eigenvalue weighted by atomic mass is 79.9. The van der Waals surface area contributed by atoms with Gasteiger partial charge in [0, 0.05) is 23.6 Å². The number of carbonyl (C=O) groups is 1. The van der Waals surface area contributed by atoms with E-state index in [1.807, 2.05) is 24.3 Å². The van der Waals surface area contributed by atoms with Gasteiger partial charge in [-0.15, -0.1) is 0 Å². The maximum Gasteiger partial charge on any atom is 0.253 e. The number of hydrogen-bond donors (Lipinski definition) is 0. The number of benzene rings is 2. The van der Waals surface area contributed by atoms with E-state index in [1.165, 1.54) is 0 Å². The van der Waals surface area contributed by atoms with Crippen molar-refractivity contribution in [1.82, 2.24) is 4.90 Å². The minimum Gasteiger partial charge on any atom is -0.337 e. The van der Waals surface area contributed by atoms with Crippen LogP contribution in [0.25, 0.3) is 0 Å². The number of amides is 1. The predicted octanol–water partition coefficient (Wildman–Crippen LogP) is 5.03. The summed E-state index contributed by atoms with van der Waals surface area (Å²) in [7, 11) is 1.74. The fraction of sp³-hybridized carbons (Fsp3) is 0.133. The first-order valence-electron chi connectivity index (χ1n) is 5.93.